The summed E-state index contributed by atoms with van der Waals surface area (Å²) < 4.78 is 34.6. The Labute approximate surface area is 369 Å². The molecule has 0 amide bonds. The van der Waals surface area contributed by atoms with Crippen molar-refractivity contribution in [2.24, 2.45) is 0 Å². The van der Waals surface area contributed by atoms with Crippen LogP contribution in [-0.2, 0) is 27.9 Å². The second-order valence-electron chi connectivity index (χ2n) is 16.7. The van der Waals surface area contributed by atoms with Crippen molar-refractivity contribution in [2.45, 2.75) is 180 Å². The number of hydrogen-bond donors (Lipinski definition) is 0. The Balaban J connectivity index is 4.22. The molecule has 0 bridgehead atoms. The summed E-state index contributed by atoms with van der Waals surface area (Å²) in [5.74, 6) is -0.347. The van der Waals surface area contributed by atoms with Gasteiger partial charge >= 0.3 is 5.97 Å². The molecule has 2 atom stereocenters. The van der Waals surface area contributed by atoms with Crippen LogP contribution < -0.4 is 4.89 Å². The monoisotopic (exact) mass is 860 g/mol. The maximum absolute atomic E-state index is 12.7. The van der Waals surface area contributed by atoms with Gasteiger partial charge in [-0.1, -0.05) is 182 Å². The lowest BCUT2D eigenvalue weighted by atomic mass is 10.0. The molecule has 8 nitrogen and oxygen atoms in total. The summed E-state index contributed by atoms with van der Waals surface area (Å²) >= 11 is 0. The highest BCUT2D eigenvalue weighted by Crippen LogP contribution is 2.38. The van der Waals surface area contributed by atoms with Gasteiger partial charge in [-0.15, -0.1) is 0 Å². The molecular formula is C51H90NO7P. The van der Waals surface area contributed by atoms with Crippen LogP contribution in [0.25, 0.3) is 0 Å². The van der Waals surface area contributed by atoms with Crippen molar-refractivity contribution < 1.29 is 37.3 Å². The highest BCUT2D eigenvalue weighted by atomic mass is 31.2. The zero-order valence-corrected chi connectivity index (χ0v) is 40.0. The molecule has 2 unspecified atom stereocenters. The number of phosphoric ester groups is 1. The van der Waals surface area contributed by atoms with E-state index >= 15 is 0 Å². The Morgan fingerprint density at radius 3 is 1.45 bits per heavy atom. The molecule has 9 heteroatoms. The Hall–Kier alpha value is -2.32. The maximum atomic E-state index is 12.7. The molecule has 0 fully saturated rings. The Morgan fingerprint density at radius 1 is 0.533 bits per heavy atom. The van der Waals surface area contributed by atoms with Crippen LogP contribution in [0.1, 0.15) is 174 Å². The van der Waals surface area contributed by atoms with E-state index in [0.29, 0.717) is 24.1 Å². The van der Waals surface area contributed by atoms with E-state index in [1.54, 1.807) is 0 Å². The lowest BCUT2D eigenvalue weighted by molar-refractivity contribution is -0.870. The minimum atomic E-state index is -4.54. The first-order chi connectivity index (χ1) is 29.1. The van der Waals surface area contributed by atoms with Crippen LogP contribution in [0.2, 0.25) is 0 Å². The molecule has 0 N–H and O–H groups in total. The molecule has 0 aromatic rings. The number of rotatable bonds is 43. The van der Waals surface area contributed by atoms with Crippen LogP contribution in [0.5, 0.6) is 0 Å². The third kappa shape index (κ3) is 46.7. The minimum Gasteiger partial charge on any atom is -0.756 e. The van der Waals surface area contributed by atoms with Gasteiger partial charge in [0, 0.05) is 13.0 Å². The standard InChI is InChI=1S/C51H90NO7P/c1-6-8-10-12-14-16-18-20-21-22-23-24-25-26-27-28-29-30-31-32-33-35-37-39-41-43-46-56-48-50(49-58-60(54,55)57-47-45-52(3,4)5)59-51(53)44-42-40-38-36-34-19-17-15-13-11-9-7-2/h8,10,14,16,20-21,23-24,26-27,29-30,32-33,50H,6-7,9,11-13,15,17-19,22,25,28,31,34-49H2,1-5H3/b10-8-,16-14-,21-20-,24-23-,27-26-,30-29-,33-32-. The Morgan fingerprint density at radius 2 is 0.967 bits per heavy atom. The molecule has 0 saturated heterocycles. The Kier molecular flexibility index (Phi) is 41.7. The van der Waals surface area contributed by atoms with Crippen LogP contribution >= 0.6 is 7.82 Å². The number of ether oxygens (including phenoxy) is 2. The molecule has 0 aromatic carbocycles. The third-order valence-corrected chi connectivity index (χ3v) is 10.7. The van der Waals surface area contributed by atoms with Crippen molar-refractivity contribution in [3.05, 3.63) is 85.1 Å². The molecule has 0 saturated carbocycles. The molecular weight excluding hydrogens is 770 g/mol. The van der Waals surface area contributed by atoms with E-state index in [9.17, 15) is 14.3 Å². The van der Waals surface area contributed by atoms with Gasteiger partial charge in [-0.25, -0.2) is 0 Å². The number of carbonyl (C=O) groups is 1. The largest absolute Gasteiger partial charge is 0.756 e. The lowest BCUT2D eigenvalue weighted by Crippen LogP contribution is -2.37. The van der Waals surface area contributed by atoms with Gasteiger partial charge in [-0.05, 0) is 70.6 Å². The molecule has 0 aliphatic heterocycles. The third-order valence-electron chi connectivity index (χ3n) is 9.71. The number of nitrogens with zero attached hydrogens (tertiary/aromatic N) is 1. The summed E-state index contributed by atoms with van der Waals surface area (Å²) in [5.41, 5.74) is 0. The van der Waals surface area contributed by atoms with Gasteiger partial charge in [0.2, 0.25) is 0 Å². The molecule has 0 aromatic heterocycles. The van der Waals surface area contributed by atoms with Crippen molar-refractivity contribution >= 4 is 13.8 Å². The average molecular weight is 860 g/mol. The van der Waals surface area contributed by atoms with Gasteiger partial charge in [-0.2, -0.15) is 0 Å². The van der Waals surface area contributed by atoms with E-state index in [4.69, 9.17) is 18.5 Å². The predicted octanol–water partition coefficient (Wildman–Crippen LogP) is 13.8. The number of esters is 1. The summed E-state index contributed by atoms with van der Waals surface area (Å²) in [6.07, 6.45) is 57.5. The maximum Gasteiger partial charge on any atom is 0.306 e. The van der Waals surface area contributed by atoms with E-state index in [1.807, 2.05) is 21.1 Å². The van der Waals surface area contributed by atoms with Crippen molar-refractivity contribution in [3.8, 4) is 0 Å². The molecule has 0 radical (unpaired) electrons. The van der Waals surface area contributed by atoms with E-state index in [2.05, 4.69) is 98.9 Å². The highest BCUT2D eigenvalue weighted by molar-refractivity contribution is 7.45. The van der Waals surface area contributed by atoms with Crippen molar-refractivity contribution in [1.29, 1.82) is 0 Å². The zero-order chi connectivity index (χ0) is 44.1. The lowest BCUT2D eigenvalue weighted by Gasteiger charge is -2.28. The fourth-order valence-electron chi connectivity index (χ4n) is 6.05. The molecule has 0 heterocycles. The first-order valence-corrected chi connectivity index (χ1v) is 25.3. The quantitative estimate of drug-likeness (QED) is 0.0198. The first-order valence-electron chi connectivity index (χ1n) is 23.8. The molecule has 346 valence electrons. The second-order valence-corrected chi connectivity index (χ2v) is 18.2. The van der Waals surface area contributed by atoms with E-state index in [1.165, 1.54) is 57.8 Å². The van der Waals surface area contributed by atoms with Crippen LogP contribution in [0.4, 0.5) is 0 Å². The summed E-state index contributed by atoms with van der Waals surface area (Å²) in [6, 6.07) is 0. The predicted molar refractivity (Wildman–Crippen MR) is 254 cm³/mol. The molecule has 0 spiro atoms. The van der Waals surface area contributed by atoms with Gasteiger partial charge in [0.05, 0.1) is 34.4 Å². The van der Waals surface area contributed by atoms with Crippen molar-refractivity contribution in [2.75, 3.05) is 54.1 Å². The normalized spacial score (nSPS) is 14.4. The second kappa shape index (κ2) is 43.3. The summed E-state index contributed by atoms with van der Waals surface area (Å²) in [5, 5.41) is 0. The van der Waals surface area contributed by atoms with Crippen molar-refractivity contribution in [1.82, 2.24) is 0 Å². The van der Waals surface area contributed by atoms with Crippen LogP contribution in [-0.4, -0.2) is 70.7 Å². The Bertz CT molecular complexity index is 1230. The fraction of sp³-hybridized carbons (Fsp3) is 0.706. The topological polar surface area (TPSA) is 94.1 Å². The van der Waals surface area contributed by atoms with E-state index in [0.717, 1.165) is 96.3 Å². The number of phosphoric acid groups is 1. The van der Waals surface area contributed by atoms with E-state index < -0.39 is 13.9 Å². The van der Waals surface area contributed by atoms with Crippen LogP contribution in [0, 0.1) is 0 Å². The van der Waals surface area contributed by atoms with Crippen molar-refractivity contribution in [3.63, 3.8) is 0 Å². The van der Waals surface area contributed by atoms with Gasteiger partial charge in [0.15, 0.2) is 0 Å². The fourth-order valence-corrected chi connectivity index (χ4v) is 6.78. The smallest absolute Gasteiger partial charge is 0.306 e. The average Bonchev–Trinajstić information content (AvgIpc) is 3.20. The number of quaternary nitrogens is 1. The molecule has 0 aliphatic carbocycles. The number of hydrogen-bond acceptors (Lipinski definition) is 7. The number of carbonyl (C=O) groups excluding carboxylic acids is 1. The minimum absolute atomic E-state index is 0.0173. The van der Waals surface area contributed by atoms with E-state index in [-0.39, 0.29) is 25.8 Å². The van der Waals surface area contributed by atoms with Gasteiger partial charge in [0.25, 0.3) is 7.82 Å². The van der Waals surface area contributed by atoms with Gasteiger partial charge in [0.1, 0.15) is 19.3 Å². The SMILES string of the molecule is CC/C=C\C/C=C\C/C=C\C/C=C\C/C=C\C/C=C\C/C=C\CCCCCCOCC(COP(=O)([O-])OCC[N+](C)(C)C)OC(=O)CCCCCCCCCCCCCC. The summed E-state index contributed by atoms with van der Waals surface area (Å²) in [7, 11) is 1.33. The molecule has 0 aliphatic rings. The number of unbranched alkanes of at least 4 members (excludes halogenated alkanes) is 15. The zero-order valence-electron chi connectivity index (χ0n) is 39.1. The van der Waals surface area contributed by atoms with Crippen LogP contribution in [0.15, 0.2) is 85.1 Å². The first kappa shape index (κ1) is 57.7. The highest BCUT2D eigenvalue weighted by Gasteiger charge is 2.20. The number of likely N-dealkylation sites (N-methyl/N-ethyl adjacent to an activating group) is 1. The summed E-state index contributed by atoms with van der Waals surface area (Å²) in [6.45, 7) is 5.21. The number of allylic oxidation sites excluding steroid dienone is 14. The van der Waals surface area contributed by atoms with Gasteiger partial charge in [-0.3, -0.25) is 9.36 Å². The van der Waals surface area contributed by atoms with Crippen LogP contribution in [0.3, 0.4) is 0 Å². The molecule has 60 heavy (non-hydrogen) atoms. The van der Waals surface area contributed by atoms with Gasteiger partial charge < -0.3 is 27.9 Å². The molecule has 0 rings (SSSR count). The summed E-state index contributed by atoms with van der Waals surface area (Å²) in [4.78, 5) is 25.1.